The second-order valence-electron chi connectivity index (χ2n) is 3.43. The van der Waals surface area contributed by atoms with E-state index in [0.29, 0.717) is 22.0 Å². The van der Waals surface area contributed by atoms with Crippen LogP contribution in [-0.2, 0) is 0 Å². The van der Waals surface area contributed by atoms with Crippen LogP contribution in [0.1, 0.15) is 17.3 Å². The van der Waals surface area contributed by atoms with Crippen molar-refractivity contribution in [2.75, 3.05) is 7.11 Å². The topological polar surface area (TPSA) is 38.7 Å². The van der Waals surface area contributed by atoms with Gasteiger partial charge < -0.3 is 4.74 Å². The number of rotatable bonds is 1. The molecule has 1 aromatic carbocycles. The second kappa shape index (κ2) is 3.66. The molecule has 0 N–H and O–H groups in total. The molecule has 0 amide bonds. The van der Waals surface area contributed by atoms with E-state index in [1.54, 1.807) is 18.3 Å². The summed E-state index contributed by atoms with van der Waals surface area (Å²) in [5, 5.41) is 0.468. The van der Waals surface area contributed by atoms with Gasteiger partial charge in [-0.2, -0.15) is 0 Å². The number of hydrogen-bond acceptors (Lipinski definition) is 3. The number of Topliss-reactive ketones (excluding diaryl/α,β-unsaturated/α-hetero) is 1. The van der Waals surface area contributed by atoms with Gasteiger partial charge in [-0.1, -0.05) is 18.5 Å². The highest BCUT2D eigenvalue weighted by atomic mass is 35.5. The number of carbonyl (C=O) groups is 1. The maximum atomic E-state index is 11.8. The number of halogens is 1. The molecule has 0 saturated carbocycles. The quantitative estimate of drug-likeness (QED) is 0.734. The van der Waals surface area contributed by atoms with Crippen molar-refractivity contribution in [2.45, 2.75) is 6.92 Å². The smallest absolute Gasteiger partial charge is 0.173 e. The molecular weight excluding hydrogens is 214 g/mol. The van der Waals surface area contributed by atoms with Gasteiger partial charge in [0.05, 0.1) is 23.7 Å². The summed E-state index contributed by atoms with van der Waals surface area (Å²) in [6.07, 6.45) is 1.63. The van der Waals surface area contributed by atoms with Gasteiger partial charge in [-0.05, 0) is 12.1 Å². The van der Waals surface area contributed by atoms with Gasteiger partial charge in [0, 0.05) is 11.8 Å². The number of ether oxygens (including phenoxy) is 1. The van der Waals surface area contributed by atoms with E-state index in [1.165, 1.54) is 7.11 Å². The van der Waals surface area contributed by atoms with Crippen molar-refractivity contribution >= 4 is 29.3 Å². The SMILES string of the molecule is COc1cc2c(cc1Cl)N=CC(C)C2=O. The van der Waals surface area contributed by atoms with Crippen LogP contribution in [0.5, 0.6) is 5.75 Å². The molecule has 0 aliphatic carbocycles. The molecule has 4 heteroatoms. The van der Waals surface area contributed by atoms with Gasteiger partial charge in [0.2, 0.25) is 0 Å². The number of nitrogens with zero attached hydrogens (tertiary/aromatic N) is 1. The summed E-state index contributed by atoms with van der Waals surface area (Å²) in [6, 6.07) is 3.29. The number of hydrogen-bond donors (Lipinski definition) is 0. The Bertz CT molecular complexity index is 454. The van der Waals surface area contributed by atoms with Crippen LogP contribution in [0.3, 0.4) is 0 Å². The molecule has 0 spiro atoms. The molecule has 15 heavy (non-hydrogen) atoms. The maximum Gasteiger partial charge on any atom is 0.173 e. The summed E-state index contributed by atoms with van der Waals surface area (Å²) in [7, 11) is 1.52. The van der Waals surface area contributed by atoms with E-state index in [-0.39, 0.29) is 11.7 Å². The minimum atomic E-state index is -0.177. The third-order valence-electron chi connectivity index (χ3n) is 2.39. The first-order valence-corrected chi connectivity index (χ1v) is 4.97. The zero-order valence-electron chi connectivity index (χ0n) is 8.45. The Balaban J connectivity index is 2.60. The fourth-order valence-electron chi connectivity index (χ4n) is 1.51. The van der Waals surface area contributed by atoms with E-state index in [2.05, 4.69) is 4.99 Å². The van der Waals surface area contributed by atoms with Crippen LogP contribution in [0.2, 0.25) is 5.02 Å². The largest absolute Gasteiger partial charge is 0.495 e. The fraction of sp³-hybridized carbons (Fsp3) is 0.273. The van der Waals surface area contributed by atoms with E-state index in [0.717, 1.165) is 0 Å². The molecule has 0 saturated heterocycles. The molecule has 1 heterocycles. The van der Waals surface area contributed by atoms with E-state index in [9.17, 15) is 4.79 Å². The van der Waals surface area contributed by atoms with Gasteiger partial charge in [0.15, 0.2) is 5.78 Å². The summed E-state index contributed by atoms with van der Waals surface area (Å²) in [4.78, 5) is 16.0. The summed E-state index contributed by atoms with van der Waals surface area (Å²) in [5.41, 5.74) is 1.19. The van der Waals surface area contributed by atoms with Gasteiger partial charge in [-0.15, -0.1) is 0 Å². The summed E-state index contributed by atoms with van der Waals surface area (Å²) in [6.45, 7) is 1.82. The Morgan fingerprint density at radius 2 is 2.20 bits per heavy atom. The van der Waals surface area contributed by atoms with Crippen LogP contribution in [0.25, 0.3) is 0 Å². The highest BCUT2D eigenvalue weighted by molar-refractivity contribution is 6.32. The Morgan fingerprint density at radius 1 is 1.47 bits per heavy atom. The predicted octanol–water partition coefficient (Wildman–Crippen LogP) is 2.88. The molecule has 1 aliphatic rings. The van der Waals surface area contributed by atoms with Gasteiger partial charge in [0.25, 0.3) is 0 Å². The molecule has 2 rings (SSSR count). The highest BCUT2D eigenvalue weighted by Crippen LogP contribution is 2.35. The van der Waals surface area contributed by atoms with Crippen LogP contribution in [0, 0.1) is 5.92 Å². The van der Waals surface area contributed by atoms with Crippen LogP contribution < -0.4 is 4.74 Å². The summed E-state index contributed by atoms with van der Waals surface area (Å²) >= 11 is 5.94. The van der Waals surface area contributed by atoms with E-state index < -0.39 is 0 Å². The molecule has 0 bridgehead atoms. The molecule has 78 valence electrons. The average Bonchev–Trinajstić information content (AvgIpc) is 2.23. The van der Waals surface area contributed by atoms with Crippen molar-refractivity contribution in [1.29, 1.82) is 0 Å². The Morgan fingerprint density at radius 3 is 2.87 bits per heavy atom. The van der Waals surface area contributed by atoms with Crippen molar-refractivity contribution < 1.29 is 9.53 Å². The standard InChI is InChI=1S/C11H10ClNO2/c1-6-5-13-9-4-8(12)10(15-2)3-7(9)11(6)14/h3-6H,1-2H3. The molecule has 1 unspecified atom stereocenters. The van der Waals surface area contributed by atoms with Crippen LogP contribution in [0.4, 0.5) is 5.69 Å². The first-order valence-electron chi connectivity index (χ1n) is 4.59. The van der Waals surface area contributed by atoms with Gasteiger partial charge in [0.1, 0.15) is 5.75 Å². The molecule has 1 aromatic rings. The molecule has 1 aliphatic heterocycles. The molecule has 0 aromatic heterocycles. The van der Waals surface area contributed by atoms with Crippen LogP contribution in [0.15, 0.2) is 17.1 Å². The first-order chi connectivity index (χ1) is 7.13. The van der Waals surface area contributed by atoms with E-state index >= 15 is 0 Å². The molecular formula is C11H10ClNO2. The lowest BCUT2D eigenvalue weighted by Gasteiger charge is -2.15. The van der Waals surface area contributed by atoms with Crippen molar-refractivity contribution in [1.82, 2.24) is 0 Å². The van der Waals surface area contributed by atoms with Crippen LogP contribution in [-0.4, -0.2) is 19.1 Å². The summed E-state index contributed by atoms with van der Waals surface area (Å²) < 4.78 is 5.06. The third kappa shape index (κ3) is 1.63. The van der Waals surface area contributed by atoms with E-state index in [4.69, 9.17) is 16.3 Å². The minimum absolute atomic E-state index is 0.0509. The molecule has 3 nitrogen and oxygen atoms in total. The maximum absolute atomic E-state index is 11.8. The second-order valence-corrected chi connectivity index (χ2v) is 3.84. The number of ketones is 1. The number of fused-ring (bicyclic) bond motifs is 1. The highest BCUT2D eigenvalue weighted by Gasteiger charge is 2.22. The Hall–Kier alpha value is -1.35. The number of methoxy groups -OCH3 is 1. The zero-order chi connectivity index (χ0) is 11.0. The lowest BCUT2D eigenvalue weighted by Crippen LogP contribution is -2.16. The molecule has 1 atom stereocenters. The van der Waals surface area contributed by atoms with Gasteiger partial charge in [-0.25, -0.2) is 0 Å². The fourth-order valence-corrected chi connectivity index (χ4v) is 1.74. The first kappa shape index (κ1) is 10.2. The summed E-state index contributed by atoms with van der Waals surface area (Å²) in [5.74, 6) is 0.381. The monoisotopic (exact) mass is 223 g/mol. The van der Waals surface area contributed by atoms with Crippen molar-refractivity contribution in [3.05, 3.63) is 22.7 Å². The minimum Gasteiger partial charge on any atom is -0.495 e. The van der Waals surface area contributed by atoms with Crippen molar-refractivity contribution in [3.8, 4) is 5.75 Å². The Kier molecular flexibility index (Phi) is 2.49. The Labute approximate surface area is 92.7 Å². The number of aliphatic imine (C=N–C) groups is 1. The molecule has 0 radical (unpaired) electrons. The van der Waals surface area contributed by atoms with Gasteiger partial charge >= 0.3 is 0 Å². The lowest BCUT2D eigenvalue weighted by atomic mass is 9.96. The van der Waals surface area contributed by atoms with Crippen molar-refractivity contribution in [3.63, 3.8) is 0 Å². The third-order valence-corrected chi connectivity index (χ3v) is 2.68. The van der Waals surface area contributed by atoms with Crippen molar-refractivity contribution in [2.24, 2.45) is 10.9 Å². The normalized spacial score (nSPS) is 18.9. The average molecular weight is 224 g/mol. The van der Waals surface area contributed by atoms with E-state index in [1.807, 2.05) is 6.92 Å². The van der Waals surface area contributed by atoms with Gasteiger partial charge in [-0.3, -0.25) is 9.79 Å². The number of carbonyl (C=O) groups excluding carboxylic acids is 1. The zero-order valence-corrected chi connectivity index (χ0v) is 9.21. The lowest BCUT2D eigenvalue weighted by molar-refractivity contribution is 0.0962. The molecule has 0 fully saturated rings. The predicted molar refractivity (Wildman–Crippen MR) is 59.7 cm³/mol. The van der Waals surface area contributed by atoms with Crippen LogP contribution >= 0.6 is 11.6 Å². The number of benzene rings is 1.